The van der Waals surface area contributed by atoms with E-state index in [0.717, 1.165) is 21.8 Å². The molecule has 0 aliphatic heterocycles. The number of benzene rings is 3. The summed E-state index contributed by atoms with van der Waals surface area (Å²) in [5, 5.41) is 1.32. The smallest absolute Gasteiger partial charge is 0.303 e. The predicted octanol–water partition coefficient (Wildman–Crippen LogP) is 3.77. The number of amides is 1. The number of carbonyl (C=O) groups is 2. The van der Waals surface area contributed by atoms with E-state index in [2.05, 4.69) is 0 Å². The first-order chi connectivity index (χ1) is 14.1. The molecule has 0 radical (unpaired) electrons. The van der Waals surface area contributed by atoms with Crippen molar-refractivity contribution in [1.82, 2.24) is 9.03 Å². The van der Waals surface area contributed by atoms with E-state index < -0.39 is 27.5 Å². The van der Waals surface area contributed by atoms with Crippen LogP contribution in [-0.4, -0.2) is 39.0 Å². The minimum atomic E-state index is -4.11. The first kappa shape index (κ1) is 21.7. The third-order valence-electron chi connectivity index (χ3n) is 4.24. The van der Waals surface area contributed by atoms with Crippen LogP contribution in [0.3, 0.4) is 0 Å². The van der Waals surface area contributed by atoms with E-state index in [1.54, 1.807) is 29.0 Å². The number of hydrogen-bond donors (Lipinski definition) is 1. The molecule has 0 bridgehead atoms. The summed E-state index contributed by atoms with van der Waals surface area (Å²) in [4.78, 5) is 23.8. The quantitative estimate of drug-likeness (QED) is 0.577. The standard InChI is InChI=1S/C20H16ClFN2O5S/c1-24(2)30(27,28)23-20(26)14-9-16(21)19(10-17(14)22)29-18-8-7-12-5-3-4-6-13(12)15(18)11-25/h3-11H,1-2H3,(H,23,26). The van der Waals surface area contributed by atoms with Gasteiger partial charge in [0.15, 0.2) is 6.29 Å². The van der Waals surface area contributed by atoms with Crippen molar-refractivity contribution in [2.24, 2.45) is 0 Å². The van der Waals surface area contributed by atoms with Crippen molar-refractivity contribution in [3.8, 4) is 11.5 Å². The van der Waals surface area contributed by atoms with Gasteiger partial charge in [-0.2, -0.15) is 12.7 Å². The van der Waals surface area contributed by atoms with E-state index in [4.69, 9.17) is 16.3 Å². The summed E-state index contributed by atoms with van der Waals surface area (Å²) in [6.07, 6.45) is 0.621. The van der Waals surface area contributed by atoms with Crippen LogP contribution in [0.5, 0.6) is 11.5 Å². The molecular formula is C20H16ClFN2O5S. The monoisotopic (exact) mass is 450 g/mol. The second kappa shape index (κ2) is 8.39. The first-order valence-corrected chi connectivity index (χ1v) is 10.3. The third kappa shape index (κ3) is 4.28. The number of hydrogen-bond acceptors (Lipinski definition) is 5. The van der Waals surface area contributed by atoms with Gasteiger partial charge in [0, 0.05) is 20.2 Å². The number of fused-ring (bicyclic) bond motifs is 1. The molecule has 1 N–H and O–H groups in total. The molecule has 0 atom stereocenters. The van der Waals surface area contributed by atoms with Gasteiger partial charge < -0.3 is 4.74 Å². The summed E-state index contributed by atoms with van der Waals surface area (Å²) < 4.78 is 46.2. The predicted molar refractivity (Wildman–Crippen MR) is 111 cm³/mol. The zero-order chi connectivity index (χ0) is 22.1. The highest BCUT2D eigenvalue weighted by Gasteiger charge is 2.23. The summed E-state index contributed by atoms with van der Waals surface area (Å²) in [7, 11) is -1.68. The van der Waals surface area contributed by atoms with Gasteiger partial charge >= 0.3 is 10.2 Å². The highest BCUT2D eigenvalue weighted by molar-refractivity contribution is 7.87. The molecule has 0 spiro atoms. The van der Waals surface area contributed by atoms with Gasteiger partial charge in [-0.1, -0.05) is 41.9 Å². The highest BCUT2D eigenvalue weighted by Crippen LogP contribution is 2.35. The van der Waals surface area contributed by atoms with Gasteiger partial charge in [-0.15, -0.1) is 0 Å². The van der Waals surface area contributed by atoms with E-state index in [0.29, 0.717) is 11.7 Å². The lowest BCUT2D eigenvalue weighted by Gasteiger charge is -2.14. The fourth-order valence-electron chi connectivity index (χ4n) is 2.65. The number of halogens is 2. The second-order valence-corrected chi connectivity index (χ2v) is 8.69. The minimum Gasteiger partial charge on any atom is -0.455 e. The van der Waals surface area contributed by atoms with E-state index >= 15 is 0 Å². The molecule has 0 aliphatic rings. The second-order valence-electron chi connectivity index (χ2n) is 6.40. The van der Waals surface area contributed by atoms with Crippen molar-refractivity contribution in [2.45, 2.75) is 0 Å². The molecule has 10 heteroatoms. The van der Waals surface area contributed by atoms with Crippen molar-refractivity contribution in [2.75, 3.05) is 14.1 Å². The maximum Gasteiger partial charge on any atom is 0.303 e. The van der Waals surface area contributed by atoms with E-state index in [1.807, 2.05) is 12.1 Å². The SMILES string of the molecule is CN(C)S(=O)(=O)NC(=O)c1cc(Cl)c(Oc2ccc3ccccc3c2C=O)cc1F. The van der Waals surface area contributed by atoms with Crippen molar-refractivity contribution < 1.29 is 27.1 Å². The molecule has 0 fully saturated rings. The van der Waals surface area contributed by atoms with Gasteiger partial charge in [-0.3, -0.25) is 9.59 Å². The van der Waals surface area contributed by atoms with Crippen molar-refractivity contribution in [3.05, 3.63) is 70.5 Å². The number of aldehydes is 1. The Hall–Kier alpha value is -3.01. The Morgan fingerprint density at radius 1 is 1.13 bits per heavy atom. The fourth-order valence-corrected chi connectivity index (χ4v) is 3.38. The van der Waals surface area contributed by atoms with Crippen LogP contribution in [0.15, 0.2) is 48.5 Å². The number of rotatable bonds is 6. The fraction of sp³-hybridized carbons (Fsp3) is 0.100. The van der Waals surface area contributed by atoms with Crippen LogP contribution in [0, 0.1) is 5.82 Å². The maximum absolute atomic E-state index is 14.5. The molecule has 0 aromatic heterocycles. The Morgan fingerprint density at radius 2 is 1.83 bits per heavy atom. The first-order valence-electron chi connectivity index (χ1n) is 8.52. The Kier molecular flexibility index (Phi) is 6.06. The zero-order valence-corrected chi connectivity index (χ0v) is 17.4. The third-order valence-corrected chi connectivity index (χ3v) is 5.94. The summed E-state index contributed by atoms with van der Waals surface area (Å²) >= 11 is 6.12. The number of nitrogens with zero attached hydrogens (tertiary/aromatic N) is 1. The van der Waals surface area contributed by atoms with Crippen LogP contribution >= 0.6 is 11.6 Å². The summed E-state index contributed by atoms with van der Waals surface area (Å²) in [5.74, 6) is -2.22. The van der Waals surface area contributed by atoms with Gasteiger partial charge in [0.05, 0.1) is 16.1 Å². The Bertz CT molecular complexity index is 1260. The lowest BCUT2D eigenvalue weighted by Crippen LogP contribution is -2.39. The Balaban J connectivity index is 1.96. The minimum absolute atomic E-state index is 0.139. The molecule has 0 heterocycles. The van der Waals surface area contributed by atoms with Crippen LogP contribution in [0.4, 0.5) is 4.39 Å². The molecule has 0 aliphatic carbocycles. The van der Waals surface area contributed by atoms with Crippen LogP contribution < -0.4 is 9.46 Å². The summed E-state index contributed by atoms with van der Waals surface area (Å²) in [5.41, 5.74) is -0.324. The summed E-state index contributed by atoms with van der Waals surface area (Å²) in [6, 6.07) is 12.2. The zero-order valence-electron chi connectivity index (χ0n) is 15.8. The van der Waals surface area contributed by atoms with Crippen molar-refractivity contribution >= 4 is 44.8 Å². The molecule has 30 heavy (non-hydrogen) atoms. The Morgan fingerprint density at radius 3 is 2.50 bits per heavy atom. The molecule has 7 nitrogen and oxygen atoms in total. The van der Waals surface area contributed by atoms with Crippen LogP contribution in [-0.2, 0) is 10.2 Å². The Labute approximate surface area is 177 Å². The highest BCUT2D eigenvalue weighted by atomic mass is 35.5. The maximum atomic E-state index is 14.5. The number of ether oxygens (including phenoxy) is 1. The lowest BCUT2D eigenvalue weighted by atomic mass is 10.0. The van der Waals surface area contributed by atoms with E-state index in [9.17, 15) is 22.4 Å². The average Bonchev–Trinajstić information content (AvgIpc) is 2.69. The van der Waals surface area contributed by atoms with Gasteiger partial charge in [0.25, 0.3) is 5.91 Å². The molecule has 1 amide bonds. The number of nitrogens with one attached hydrogen (secondary N) is 1. The molecule has 156 valence electrons. The van der Waals surface area contributed by atoms with Crippen LogP contribution in [0.25, 0.3) is 10.8 Å². The van der Waals surface area contributed by atoms with Crippen LogP contribution in [0.2, 0.25) is 5.02 Å². The largest absolute Gasteiger partial charge is 0.455 e. The molecule has 0 saturated heterocycles. The van der Waals surface area contributed by atoms with Gasteiger partial charge in [-0.05, 0) is 22.9 Å². The van der Waals surface area contributed by atoms with Gasteiger partial charge in [0.1, 0.15) is 17.3 Å². The topological polar surface area (TPSA) is 92.8 Å². The van der Waals surface area contributed by atoms with E-state index in [1.165, 1.54) is 14.1 Å². The molecule has 3 aromatic carbocycles. The molecule has 3 aromatic rings. The normalized spacial score (nSPS) is 11.5. The molecular weight excluding hydrogens is 435 g/mol. The number of carbonyl (C=O) groups excluding carboxylic acids is 2. The molecule has 3 rings (SSSR count). The molecule has 0 saturated carbocycles. The van der Waals surface area contributed by atoms with Gasteiger partial charge in [0.2, 0.25) is 0 Å². The lowest BCUT2D eigenvalue weighted by molar-refractivity contribution is 0.0975. The van der Waals surface area contributed by atoms with Gasteiger partial charge in [-0.25, -0.2) is 9.11 Å². The average molecular weight is 451 g/mol. The summed E-state index contributed by atoms with van der Waals surface area (Å²) in [6.45, 7) is 0. The van der Waals surface area contributed by atoms with E-state index in [-0.39, 0.29) is 22.1 Å². The van der Waals surface area contributed by atoms with Crippen molar-refractivity contribution in [3.63, 3.8) is 0 Å². The van der Waals surface area contributed by atoms with Crippen LogP contribution in [0.1, 0.15) is 20.7 Å². The molecule has 0 unspecified atom stereocenters. The van der Waals surface area contributed by atoms with Crippen molar-refractivity contribution in [1.29, 1.82) is 0 Å².